The summed E-state index contributed by atoms with van der Waals surface area (Å²) < 4.78 is 12.7. The Morgan fingerprint density at radius 2 is 2.03 bits per heavy atom. The van der Waals surface area contributed by atoms with E-state index in [9.17, 15) is 9.90 Å². The fourth-order valence-corrected chi connectivity index (χ4v) is 4.66. The second-order valence-electron chi connectivity index (χ2n) is 8.34. The van der Waals surface area contributed by atoms with Gasteiger partial charge in [-0.2, -0.15) is 0 Å². The van der Waals surface area contributed by atoms with Crippen molar-refractivity contribution in [3.05, 3.63) is 74.4 Å². The van der Waals surface area contributed by atoms with Crippen molar-refractivity contribution in [2.75, 3.05) is 0 Å². The van der Waals surface area contributed by atoms with Gasteiger partial charge in [0, 0.05) is 22.9 Å². The Labute approximate surface area is 179 Å². The summed E-state index contributed by atoms with van der Waals surface area (Å²) in [7, 11) is 0. The van der Waals surface area contributed by atoms with Crippen molar-refractivity contribution >= 4 is 15.9 Å². The molecule has 2 atom stereocenters. The second kappa shape index (κ2) is 8.39. The first-order chi connectivity index (χ1) is 14.0. The highest BCUT2D eigenvalue weighted by atomic mass is 79.9. The number of hydrogen-bond acceptors (Lipinski definition) is 4. The third-order valence-electron chi connectivity index (χ3n) is 6.01. The Balaban J connectivity index is 1.66. The number of hydrogen-bond donors (Lipinski definition) is 1. The molecule has 0 spiro atoms. The molecular weight excluding hydrogens is 432 g/mol. The minimum absolute atomic E-state index is 0.00926. The maximum Gasteiger partial charge on any atom is 0.347 e. The Bertz CT molecular complexity index is 932. The van der Waals surface area contributed by atoms with Crippen LogP contribution in [0.4, 0.5) is 0 Å². The van der Waals surface area contributed by atoms with Crippen LogP contribution in [-0.2, 0) is 16.8 Å². The number of halogens is 1. The third kappa shape index (κ3) is 4.45. The van der Waals surface area contributed by atoms with Gasteiger partial charge in [-0.1, -0.05) is 54.2 Å². The zero-order valence-corrected chi connectivity index (χ0v) is 18.3. The number of aromatic hydroxyl groups is 1. The standard InChI is InChI=1S/C24H27BrO4/c1-2-10-24(11-3-12-28-24)22-20(26)15-21(29-23(22)27)18(13-16-4-5-16)14-17-6-8-19(25)9-7-17/h3,6-9,12,15-16,18,26H,2,4-5,10-11,13-14H2,1H3. The predicted molar refractivity (Wildman–Crippen MR) is 116 cm³/mol. The molecule has 4 rings (SSSR count). The molecule has 1 saturated carbocycles. The Morgan fingerprint density at radius 3 is 2.62 bits per heavy atom. The molecule has 1 aliphatic carbocycles. The maximum atomic E-state index is 13.0. The van der Waals surface area contributed by atoms with Gasteiger partial charge in [0.15, 0.2) is 0 Å². The predicted octanol–water partition coefficient (Wildman–Crippen LogP) is 6.16. The van der Waals surface area contributed by atoms with E-state index in [0.717, 1.165) is 23.7 Å². The van der Waals surface area contributed by atoms with Crippen LogP contribution in [0.5, 0.6) is 5.75 Å². The van der Waals surface area contributed by atoms with Gasteiger partial charge in [0.25, 0.3) is 0 Å². The average molecular weight is 459 g/mol. The first kappa shape index (κ1) is 20.3. The van der Waals surface area contributed by atoms with Crippen molar-refractivity contribution in [3.8, 4) is 5.75 Å². The van der Waals surface area contributed by atoms with Crippen LogP contribution in [0.3, 0.4) is 0 Å². The fourth-order valence-electron chi connectivity index (χ4n) is 4.40. The van der Waals surface area contributed by atoms with E-state index in [0.29, 0.717) is 24.5 Å². The molecule has 1 aromatic carbocycles. The Morgan fingerprint density at radius 1 is 1.28 bits per heavy atom. The first-order valence-electron chi connectivity index (χ1n) is 10.5. The molecule has 1 N–H and O–H groups in total. The van der Waals surface area contributed by atoms with Crippen molar-refractivity contribution in [2.24, 2.45) is 5.92 Å². The van der Waals surface area contributed by atoms with Crippen molar-refractivity contribution in [3.63, 3.8) is 0 Å². The summed E-state index contributed by atoms with van der Waals surface area (Å²) in [5, 5.41) is 10.9. The molecule has 1 aromatic heterocycles. The monoisotopic (exact) mass is 458 g/mol. The topological polar surface area (TPSA) is 59.7 Å². The number of rotatable bonds is 8. The molecule has 0 radical (unpaired) electrons. The molecule has 1 fully saturated rings. The summed E-state index contributed by atoms with van der Waals surface area (Å²) in [6, 6.07) is 9.88. The molecule has 2 aromatic rings. The minimum atomic E-state index is -0.810. The van der Waals surface area contributed by atoms with Crippen LogP contribution < -0.4 is 5.63 Å². The van der Waals surface area contributed by atoms with Gasteiger partial charge in [-0.3, -0.25) is 0 Å². The normalized spacial score (nSPS) is 21.9. The zero-order valence-electron chi connectivity index (χ0n) is 16.7. The van der Waals surface area contributed by atoms with Gasteiger partial charge in [0.2, 0.25) is 0 Å². The molecule has 1 aliphatic heterocycles. The highest BCUT2D eigenvalue weighted by molar-refractivity contribution is 9.10. The largest absolute Gasteiger partial charge is 0.507 e. The van der Waals surface area contributed by atoms with E-state index in [4.69, 9.17) is 9.15 Å². The van der Waals surface area contributed by atoms with E-state index < -0.39 is 11.2 Å². The van der Waals surface area contributed by atoms with Crippen LogP contribution in [-0.4, -0.2) is 5.11 Å². The van der Waals surface area contributed by atoms with Gasteiger partial charge in [-0.05, 0) is 49.0 Å². The summed E-state index contributed by atoms with van der Waals surface area (Å²) in [4.78, 5) is 13.0. The van der Waals surface area contributed by atoms with Gasteiger partial charge >= 0.3 is 5.63 Å². The molecule has 0 bridgehead atoms. The van der Waals surface area contributed by atoms with Crippen LogP contribution in [0.2, 0.25) is 0 Å². The molecule has 2 heterocycles. The highest BCUT2D eigenvalue weighted by Gasteiger charge is 2.41. The van der Waals surface area contributed by atoms with Crippen molar-refractivity contribution in [2.45, 2.75) is 63.4 Å². The third-order valence-corrected chi connectivity index (χ3v) is 6.54. The average Bonchev–Trinajstić information content (AvgIpc) is 3.39. The fraction of sp³-hybridized carbons (Fsp3) is 0.458. The number of benzene rings is 1. The van der Waals surface area contributed by atoms with Gasteiger partial charge in [0.05, 0.1) is 6.26 Å². The molecule has 0 saturated heterocycles. The lowest BCUT2D eigenvalue weighted by Crippen LogP contribution is -2.31. The van der Waals surface area contributed by atoms with Crippen LogP contribution in [0.1, 0.15) is 68.3 Å². The lowest BCUT2D eigenvalue weighted by molar-refractivity contribution is 0.0256. The first-order valence-corrected chi connectivity index (χ1v) is 11.2. The lowest BCUT2D eigenvalue weighted by Gasteiger charge is -2.28. The van der Waals surface area contributed by atoms with Crippen LogP contribution >= 0.6 is 15.9 Å². The van der Waals surface area contributed by atoms with Crippen molar-refractivity contribution < 1.29 is 14.3 Å². The highest BCUT2D eigenvalue weighted by Crippen LogP contribution is 2.44. The van der Waals surface area contributed by atoms with Crippen LogP contribution in [0.25, 0.3) is 0 Å². The smallest absolute Gasteiger partial charge is 0.347 e. The summed E-state index contributed by atoms with van der Waals surface area (Å²) >= 11 is 3.47. The van der Waals surface area contributed by atoms with Gasteiger partial charge in [-0.25, -0.2) is 4.79 Å². The molecule has 154 valence electrons. The van der Waals surface area contributed by atoms with E-state index in [2.05, 4.69) is 28.1 Å². The van der Waals surface area contributed by atoms with E-state index in [1.165, 1.54) is 18.4 Å². The molecule has 5 heteroatoms. The lowest BCUT2D eigenvalue weighted by atomic mass is 9.86. The van der Waals surface area contributed by atoms with Gasteiger partial charge in [-0.15, -0.1) is 0 Å². The summed E-state index contributed by atoms with van der Waals surface area (Å²) in [6.45, 7) is 2.04. The molecule has 0 amide bonds. The van der Waals surface area contributed by atoms with E-state index in [1.54, 1.807) is 12.3 Å². The summed E-state index contributed by atoms with van der Waals surface area (Å²) in [5.41, 5.74) is 0.154. The maximum absolute atomic E-state index is 13.0. The summed E-state index contributed by atoms with van der Waals surface area (Å²) in [5.74, 6) is 1.31. The van der Waals surface area contributed by atoms with Crippen LogP contribution in [0, 0.1) is 5.92 Å². The molecule has 29 heavy (non-hydrogen) atoms. The zero-order chi connectivity index (χ0) is 20.4. The van der Waals surface area contributed by atoms with Crippen molar-refractivity contribution in [1.82, 2.24) is 0 Å². The summed E-state index contributed by atoms with van der Waals surface area (Å²) in [6.07, 6.45) is 9.78. The molecular formula is C24H27BrO4. The number of ether oxygens (including phenoxy) is 1. The molecule has 2 aliphatic rings. The second-order valence-corrected chi connectivity index (χ2v) is 9.26. The van der Waals surface area contributed by atoms with Gasteiger partial charge < -0.3 is 14.3 Å². The Hall–Kier alpha value is -2.01. The van der Waals surface area contributed by atoms with Crippen LogP contribution in [0.15, 0.2) is 56.4 Å². The van der Waals surface area contributed by atoms with Crippen molar-refractivity contribution in [1.29, 1.82) is 0 Å². The van der Waals surface area contributed by atoms with E-state index >= 15 is 0 Å². The minimum Gasteiger partial charge on any atom is -0.507 e. The van der Waals surface area contributed by atoms with E-state index in [-0.39, 0.29) is 17.2 Å². The van der Waals surface area contributed by atoms with Gasteiger partial charge in [0.1, 0.15) is 22.7 Å². The molecule has 4 nitrogen and oxygen atoms in total. The Kier molecular flexibility index (Phi) is 5.86. The molecule has 2 unspecified atom stereocenters. The SMILES string of the molecule is CCCC1(c2c(O)cc(C(Cc3ccc(Br)cc3)CC3CC3)oc2=O)CC=CO1. The van der Waals surface area contributed by atoms with E-state index in [1.807, 2.05) is 25.1 Å². The quantitative estimate of drug-likeness (QED) is 0.514.